The summed E-state index contributed by atoms with van der Waals surface area (Å²) in [7, 11) is 0. The lowest BCUT2D eigenvalue weighted by atomic mass is 9.92. The Bertz CT molecular complexity index is 603. The third-order valence-corrected chi connectivity index (χ3v) is 5.01. The Kier molecular flexibility index (Phi) is 2.96. The van der Waals surface area contributed by atoms with Gasteiger partial charge >= 0.3 is 0 Å². The number of benzene rings is 1. The van der Waals surface area contributed by atoms with Crippen LogP contribution in [-0.4, -0.2) is 10.1 Å². The van der Waals surface area contributed by atoms with E-state index >= 15 is 0 Å². The van der Waals surface area contributed by atoms with Crippen molar-refractivity contribution in [1.29, 1.82) is 0 Å². The molecule has 0 aliphatic heterocycles. The van der Waals surface area contributed by atoms with Crippen LogP contribution in [-0.2, 0) is 12.0 Å². The average molecular weight is 274 g/mol. The molecule has 1 aliphatic carbocycles. The van der Waals surface area contributed by atoms with E-state index in [-0.39, 0.29) is 6.04 Å². The molecule has 1 aliphatic rings. The molecule has 0 spiro atoms. The zero-order valence-electron chi connectivity index (χ0n) is 11.2. The van der Waals surface area contributed by atoms with Crippen LogP contribution in [0.4, 0.5) is 0 Å². The van der Waals surface area contributed by atoms with Crippen LogP contribution >= 0.6 is 11.3 Å². The van der Waals surface area contributed by atoms with Gasteiger partial charge in [-0.3, -0.25) is 0 Å². The molecule has 3 N–H and O–H groups in total. The molecule has 1 aromatic heterocycles. The first-order valence-electron chi connectivity index (χ1n) is 6.50. The zero-order chi connectivity index (χ0) is 13.6. The smallest absolute Gasteiger partial charge is 0.0981 e. The molecule has 1 heterocycles. The molecule has 0 saturated heterocycles. The monoisotopic (exact) mass is 274 g/mol. The van der Waals surface area contributed by atoms with Gasteiger partial charge in [0.1, 0.15) is 0 Å². The highest BCUT2D eigenvalue weighted by Gasteiger charge is 2.41. The van der Waals surface area contributed by atoms with Crippen LogP contribution in [0.1, 0.15) is 39.2 Å². The number of aliphatic hydroxyl groups is 1. The number of aryl methyl sites for hydroxylation is 2. The molecular weight excluding hydrogens is 256 g/mol. The lowest BCUT2D eigenvalue weighted by Crippen LogP contribution is -2.26. The lowest BCUT2D eigenvalue weighted by Gasteiger charge is -2.22. The van der Waals surface area contributed by atoms with Gasteiger partial charge in [0.15, 0.2) is 0 Å². The minimum absolute atomic E-state index is 0.0802. The first-order valence-corrected chi connectivity index (χ1v) is 7.31. The van der Waals surface area contributed by atoms with Crippen LogP contribution in [0, 0.1) is 13.8 Å². The van der Waals surface area contributed by atoms with Crippen molar-refractivity contribution in [1.82, 2.24) is 4.98 Å². The molecule has 0 radical (unpaired) electrons. The van der Waals surface area contributed by atoms with Gasteiger partial charge < -0.3 is 10.8 Å². The standard InChI is InChI=1S/C15H18N2OS/c1-9-10(2)19-14(17-9)8-15(18)7-13(16)11-5-3-4-6-12(11)15/h3-6,13,18H,7-8,16H2,1-2H3. The minimum atomic E-state index is -0.868. The molecule has 0 saturated carbocycles. The van der Waals surface area contributed by atoms with Crippen molar-refractivity contribution in [3.63, 3.8) is 0 Å². The highest BCUT2D eigenvalue weighted by Crippen LogP contribution is 2.44. The minimum Gasteiger partial charge on any atom is -0.385 e. The molecule has 2 aromatic rings. The molecule has 19 heavy (non-hydrogen) atoms. The van der Waals surface area contributed by atoms with E-state index in [0.717, 1.165) is 21.8 Å². The first-order chi connectivity index (χ1) is 8.99. The van der Waals surface area contributed by atoms with Crippen LogP contribution in [0.3, 0.4) is 0 Å². The zero-order valence-corrected chi connectivity index (χ0v) is 12.0. The van der Waals surface area contributed by atoms with Crippen molar-refractivity contribution in [3.05, 3.63) is 51.0 Å². The molecule has 2 atom stereocenters. The van der Waals surface area contributed by atoms with Gasteiger partial charge in [-0.2, -0.15) is 0 Å². The topological polar surface area (TPSA) is 59.1 Å². The van der Waals surface area contributed by atoms with Crippen molar-refractivity contribution in [2.45, 2.75) is 38.3 Å². The highest BCUT2D eigenvalue weighted by atomic mass is 32.1. The molecule has 3 nitrogen and oxygen atoms in total. The van der Waals surface area contributed by atoms with E-state index in [4.69, 9.17) is 5.73 Å². The molecule has 4 heteroatoms. The Morgan fingerprint density at radius 1 is 1.42 bits per heavy atom. The maximum Gasteiger partial charge on any atom is 0.0981 e. The van der Waals surface area contributed by atoms with Gasteiger partial charge in [-0.1, -0.05) is 24.3 Å². The number of aromatic nitrogens is 1. The summed E-state index contributed by atoms with van der Waals surface area (Å²) in [5.74, 6) is 0. The van der Waals surface area contributed by atoms with Crippen molar-refractivity contribution >= 4 is 11.3 Å². The number of nitrogens with zero attached hydrogens (tertiary/aromatic N) is 1. The van der Waals surface area contributed by atoms with E-state index in [1.807, 2.05) is 31.2 Å². The summed E-state index contributed by atoms with van der Waals surface area (Å²) >= 11 is 1.66. The van der Waals surface area contributed by atoms with E-state index in [2.05, 4.69) is 11.9 Å². The summed E-state index contributed by atoms with van der Waals surface area (Å²) in [6.07, 6.45) is 1.13. The van der Waals surface area contributed by atoms with Crippen LogP contribution in [0.25, 0.3) is 0 Å². The number of nitrogens with two attached hydrogens (primary N) is 1. The van der Waals surface area contributed by atoms with Crippen molar-refractivity contribution in [2.24, 2.45) is 5.73 Å². The molecule has 1 aromatic carbocycles. The third-order valence-electron chi connectivity index (χ3n) is 3.94. The molecule has 0 amide bonds. The SMILES string of the molecule is Cc1nc(CC2(O)CC(N)c3ccccc32)sc1C. The Balaban J connectivity index is 1.97. The van der Waals surface area contributed by atoms with Crippen LogP contribution in [0.5, 0.6) is 0 Å². The second kappa shape index (κ2) is 4.40. The van der Waals surface area contributed by atoms with Crippen molar-refractivity contribution < 1.29 is 5.11 Å². The predicted molar refractivity (Wildman–Crippen MR) is 77.2 cm³/mol. The summed E-state index contributed by atoms with van der Waals surface area (Å²) < 4.78 is 0. The van der Waals surface area contributed by atoms with Crippen molar-refractivity contribution in [2.75, 3.05) is 0 Å². The molecular formula is C15H18N2OS. The fourth-order valence-electron chi connectivity index (χ4n) is 2.86. The molecule has 0 bridgehead atoms. The van der Waals surface area contributed by atoms with Gasteiger partial charge in [-0.25, -0.2) is 4.98 Å². The molecule has 100 valence electrons. The Morgan fingerprint density at radius 3 is 2.84 bits per heavy atom. The second-order valence-corrected chi connectivity index (χ2v) is 6.64. The fourth-order valence-corrected chi connectivity index (χ4v) is 3.90. The van der Waals surface area contributed by atoms with Crippen molar-refractivity contribution in [3.8, 4) is 0 Å². The van der Waals surface area contributed by atoms with E-state index in [1.165, 1.54) is 4.88 Å². The number of rotatable bonds is 2. The van der Waals surface area contributed by atoms with E-state index < -0.39 is 5.60 Å². The van der Waals surface area contributed by atoms with Gasteiger partial charge in [0, 0.05) is 23.8 Å². The Hall–Kier alpha value is -1.23. The average Bonchev–Trinajstić information content (AvgIpc) is 2.79. The largest absolute Gasteiger partial charge is 0.385 e. The maximum atomic E-state index is 11.0. The Labute approximate surface area is 117 Å². The van der Waals surface area contributed by atoms with E-state index in [0.29, 0.717) is 12.8 Å². The Morgan fingerprint density at radius 2 is 2.16 bits per heavy atom. The van der Waals surface area contributed by atoms with E-state index in [1.54, 1.807) is 11.3 Å². The summed E-state index contributed by atoms with van der Waals surface area (Å²) in [5.41, 5.74) is 8.35. The number of hydrogen-bond acceptors (Lipinski definition) is 4. The van der Waals surface area contributed by atoms with Gasteiger partial charge in [0.05, 0.1) is 16.3 Å². The number of hydrogen-bond donors (Lipinski definition) is 2. The normalized spacial score (nSPS) is 25.6. The van der Waals surface area contributed by atoms with E-state index in [9.17, 15) is 5.11 Å². The predicted octanol–water partition coefficient (Wildman–Crippen LogP) is 2.59. The highest BCUT2D eigenvalue weighted by molar-refractivity contribution is 7.11. The van der Waals surface area contributed by atoms with Gasteiger partial charge in [-0.15, -0.1) is 11.3 Å². The third kappa shape index (κ3) is 2.10. The molecule has 0 fully saturated rings. The fraction of sp³-hybridized carbons (Fsp3) is 0.400. The molecule has 2 unspecified atom stereocenters. The van der Waals surface area contributed by atoms with Crippen LogP contribution < -0.4 is 5.73 Å². The van der Waals surface area contributed by atoms with Gasteiger partial charge in [0.25, 0.3) is 0 Å². The second-order valence-electron chi connectivity index (χ2n) is 5.36. The summed E-state index contributed by atoms with van der Waals surface area (Å²) in [4.78, 5) is 5.75. The number of thiazole rings is 1. The van der Waals surface area contributed by atoms with Crippen LogP contribution in [0.2, 0.25) is 0 Å². The van der Waals surface area contributed by atoms with Gasteiger partial charge in [0.2, 0.25) is 0 Å². The quantitative estimate of drug-likeness (QED) is 0.885. The molecule has 3 rings (SSSR count). The summed E-state index contributed by atoms with van der Waals surface area (Å²) in [6.45, 7) is 4.07. The maximum absolute atomic E-state index is 11.0. The first kappa shape index (κ1) is 12.8. The summed E-state index contributed by atoms with van der Waals surface area (Å²) in [5, 5.41) is 11.9. The number of fused-ring (bicyclic) bond motifs is 1. The van der Waals surface area contributed by atoms with Gasteiger partial charge in [-0.05, 0) is 25.0 Å². The lowest BCUT2D eigenvalue weighted by molar-refractivity contribution is 0.0341. The summed E-state index contributed by atoms with van der Waals surface area (Å²) in [6, 6.07) is 7.84. The van der Waals surface area contributed by atoms with Crippen LogP contribution in [0.15, 0.2) is 24.3 Å².